The molecule has 86 valence electrons. The molecule has 0 spiro atoms. The minimum atomic E-state index is -0.471. The first-order chi connectivity index (χ1) is 7.50. The Morgan fingerprint density at radius 2 is 2.06 bits per heavy atom. The molecule has 16 heavy (non-hydrogen) atoms. The molecule has 0 atom stereocenters. The Balaban J connectivity index is 2.45. The summed E-state index contributed by atoms with van der Waals surface area (Å²) in [5.41, 5.74) is 6.90. The van der Waals surface area contributed by atoms with Crippen LogP contribution in [0.15, 0.2) is 12.1 Å². The zero-order valence-corrected chi connectivity index (χ0v) is 9.64. The van der Waals surface area contributed by atoms with Gasteiger partial charge in [-0.3, -0.25) is 4.79 Å². The summed E-state index contributed by atoms with van der Waals surface area (Å²) in [4.78, 5) is 12.2. The molecule has 0 aliphatic heterocycles. The first-order valence-electron chi connectivity index (χ1n) is 5.52. The average Bonchev–Trinajstić information content (AvgIpc) is 2.96. The van der Waals surface area contributed by atoms with E-state index in [1.165, 1.54) is 6.07 Å². The third-order valence-corrected chi connectivity index (χ3v) is 3.38. The number of hydrogen-bond donors (Lipinski definition) is 1. The molecule has 0 radical (unpaired) electrons. The van der Waals surface area contributed by atoms with Crippen LogP contribution in [0.2, 0.25) is 0 Å². The first-order valence-corrected chi connectivity index (χ1v) is 5.52. The van der Waals surface area contributed by atoms with Crippen LogP contribution in [0.3, 0.4) is 0 Å². The van der Waals surface area contributed by atoms with Crippen molar-refractivity contribution in [1.82, 2.24) is 0 Å². The Morgan fingerprint density at radius 1 is 1.44 bits per heavy atom. The highest BCUT2D eigenvalue weighted by Crippen LogP contribution is 2.47. The average molecular weight is 221 g/mol. The van der Waals surface area contributed by atoms with Crippen molar-refractivity contribution in [3.63, 3.8) is 0 Å². The minimum Gasteiger partial charge on any atom is -0.329 e. The number of hydrogen-bond acceptors (Lipinski definition) is 2. The van der Waals surface area contributed by atoms with E-state index in [0.717, 1.165) is 18.4 Å². The van der Waals surface area contributed by atoms with Gasteiger partial charge in [0.05, 0.1) is 5.56 Å². The van der Waals surface area contributed by atoms with E-state index < -0.39 is 11.2 Å². The number of nitrogens with two attached hydrogens (primary N) is 1. The normalized spacial score (nSPS) is 17.2. The maximum absolute atomic E-state index is 13.8. The van der Waals surface area contributed by atoms with E-state index in [1.54, 1.807) is 6.92 Å². The Bertz CT molecular complexity index is 426. The fourth-order valence-corrected chi connectivity index (χ4v) is 2.14. The highest BCUT2D eigenvalue weighted by atomic mass is 19.1. The van der Waals surface area contributed by atoms with E-state index in [2.05, 4.69) is 0 Å². The Hall–Kier alpha value is -1.22. The number of carbonyl (C=O) groups excluding carboxylic acids is 1. The second kappa shape index (κ2) is 3.67. The number of rotatable bonds is 3. The number of ketones is 1. The van der Waals surface area contributed by atoms with Crippen LogP contribution in [0.25, 0.3) is 0 Å². The number of aryl methyl sites for hydroxylation is 2. The fraction of sp³-hybridized carbons (Fsp3) is 0.462. The standard InChI is InChI=1S/C13H16FNO/c1-8-5-9(2)11(10(14)6-8)12(16)13(7-15)3-4-13/h5-6H,3-4,7,15H2,1-2H3. The van der Waals surface area contributed by atoms with Crippen molar-refractivity contribution in [2.75, 3.05) is 6.54 Å². The van der Waals surface area contributed by atoms with Crippen molar-refractivity contribution >= 4 is 5.78 Å². The number of carbonyl (C=O) groups is 1. The summed E-state index contributed by atoms with van der Waals surface area (Å²) in [5.74, 6) is -0.535. The molecule has 1 aliphatic carbocycles. The summed E-state index contributed by atoms with van der Waals surface area (Å²) in [6, 6.07) is 3.25. The van der Waals surface area contributed by atoms with E-state index in [0.29, 0.717) is 12.1 Å². The zero-order valence-electron chi connectivity index (χ0n) is 9.64. The van der Waals surface area contributed by atoms with E-state index in [9.17, 15) is 9.18 Å². The maximum atomic E-state index is 13.8. The molecule has 0 saturated heterocycles. The van der Waals surface area contributed by atoms with Crippen LogP contribution < -0.4 is 5.73 Å². The summed E-state index contributed by atoms with van der Waals surface area (Å²) in [6.45, 7) is 3.91. The molecule has 2 nitrogen and oxygen atoms in total. The molecule has 2 N–H and O–H groups in total. The summed E-state index contributed by atoms with van der Waals surface area (Å²) in [7, 11) is 0. The van der Waals surface area contributed by atoms with E-state index in [-0.39, 0.29) is 11.3 Å². The molecule has 1 saturated carbocycles. The number of halogens is 1. The van der Waals surface area contributed by atoms with E-state index in [4.69, 9.17) is 5.73 Å². The molecular weight excluding hydrogens is 205 g/mol. The summed E-state index contributed by atoms with van der Waals surface area (Å²) < 4.78 is 13.8. The van der Waals surface area contributed by atoms with Gasteiger partial charge in [-0.15, -0.1) is 0 Å². The second-order valence-electron chi connectivity index (χ2n) is 4.75. The molecule has 1 aromatic carbocycles. The zero-order chi connectivity index (χ0) is 11.9. The lowest BCUT2D eigenvalue weighted by molar-refractivity contribution is 0.0901. The SMILES string of the molecule is Cc1cc(C)c(C(=O)C2(CN)CC2)c(F)c1. The molecule has 0 amide bonds. The maximum Gasteiger partial charge on any atom is 0.173 e. The molecule has 2 rings (SSSR count). The largest absolute Gasteiger partial charge is 0.329 e. The van der Waals surface area contributed by atoms with Crippen molar-refractivity contribution in [3.05, 3.63) is 34.6 Å². The van der Waals surface area contributed by atoms with Gasteiger partial charge in [0.2, 0.25) is 0 Å². The van der Waals surface area contributed by atoms with Gasteiger partial charge in [0.25, 0.3) is 0 Å². The third kappa shape index (κ3) is 1.65. The van der Waals surface area contributed by atoms with E-state index in [1.807, 2.05) is 13.0 Å². The number of Topliss-reactive ketones (excluding diaryl/α,β-unsaturated/α-hetero) is 1. The van der Waals surface area contributed by atoms with Gasteiger partial charge in [-0.05, 0) is 43.9 Å². The lowest BCUT2D eigenvalue weighted by Gasteiger charge is -2.14. The molecule has 1 fully saturated rings. The van der Waals surface area contributed by atoms with Gasteiger partial charge in [0.1, 0.15) is 5.82 Å². The van der Waals surface area contributed by atoms with Crippen LogP contribution in [-0.2, 0) is 0 Å². The Labute approximate surface area is 94.6 Å². The predicted molar refractivity (Wildman–Crippen MR) is 60.9 cm³/mol. The smallest absolute Gasteiger partial charge is 0.173 e. The van der Waals surface area contributed by atoms with Gasteiger partial charge in [-0.25, -0.2) is 4.39 Å². The Kier molecular flexibility index (Phi) is 2.58. The monoisotopic (exact) mass is 221 g/mol. The van der Waals surface area contributed by atoms with Gasteiger partial charge < -0.3 is 5.73 Å². The highest BCUT2D eigenvalue weighted by molar-refractivity contribution is 6.03. The quantitative estimate of drug-likeness (QED) is 0.796. The minimum absolute atomic E-state index is 0.120. The second-order valence-corrected chi connectivity index (χ2v) is 4.75. The first kappa shape index (κ1) is 11.3. The lowest BCUT2D eigenvalue weighted by atomic mass is 9.91. The van der Waals surface area contributed by atoms with Gasteiger partial charge >= 0.3 is 0 Å². The van der Waals surface area contributed by atoms with Gasteiger partial charge in [-0.2, -0.15) is 0 Å². The van der Waals surface area contributed by atoms with Crippen LogP contribution in [0.4, 0.5) is 4.39 Å². The third-order valence-electron chi connectivity index (χ3n) is 3.38. The van der Waals surface area contributed by atoms with Gasteiger partial charge in [0.15, 0.2) is 5.78 Å². The molecule has 3 heteroatoms. The van der Waals surface area contributed by atoms with Crippen LogP contribution in [0.1, 0.15) is 34.3 Å². The van der Waals surface area contributed by atoms with Crippen LogP contribution in [0, 0.1) is 25.1 Å². The van der Waals surface area contributed by atoms with Gasteiger partial charge in [0, 0.05) is 12.0 Å². The van der Waals surface area contributed by atoms with Crippen molar-refractivity contribution in [3.8, 4) is 0 Å². The van der Waals surface area contributed by atoms with Crippen LogP contribution in [-0.4, -0.2) is 12.3 Å². The molecule has 0 heterocycles. The summed E-state index contributed by atoms with van der Waals surface area (Å²) in [5, 5.41) is 0. The van der Waals surface area contributed by atoms with Crippen LogP contribution >= 0.6 is 0 Å². The van der Waals surface area contributed by atoms with Crippen molar-refractivity contribution in [2.24, 2.45) is 11.1 Å². The topological polar surface area (TPSA) is 43.1 Å². The van der Waals surface area contributed by atoms with Crippen molar-refractivity contribution < 1.29 is 9.18 Å². The summed E-state index contributed by atoms with van der Waals surface area (Å²) >= 11 is 0. The number of benzene rings is 1. The molecule has 1 aliphatic rings. The highest BCUT2D eigenvalue weighted by Gasteiger charge is 2.49. The molecule has 0 bridgehead atoms. The van der Waals surface area contributed by atoms with Gasteiger partial charge in [-0.1, -0.05) is 6.07 Å². The predicted octanol–water partition coefficient (Wildman–Crippen LogP) is 2.36. The Morgan fingerprint density at radius 3 is 2.50 bits per heavy atom. The van der Waals surface area contributed by atoms with Crippen molar-refractivity contribution in [2.45, 2.75) is 26.7 Å². The van der Waals surface area contributed by atoms with Crippen molar-refractivity contribution in [1.29, 1.82) is 0 Å². The molecular formula is C13H16FNO. The lowest BCUT2D eigenvalue weighted by Crippen LogP contribution is -2.26. The fourth-order valence-electron chi connectivity index (χ4n) is 2.14. The van der Waals surface area contributed by atoms with E-state index >= 15 is 0 Å². The molecule has 0 aromatic heterocycles. The molecule has 0 unspecified atom stereocenters. The molecule has 1 aromatic rings. The summed E-state index contributed by atoms with van der Waals surface area (Å²) in [6.07, 6.45) is 1.57. The van der Waals surface area contributed by atoms with Crippen LogP contribution in [0.5, 0.6) is 0 Å².